The van der Waals surface area contributed by atoms with E-state index in [4.69, 9.17) is 4.74 Å². The summed E-state index contributed by atoms with van der Waals surface area (Å²) in [7, 11) is 0. The zero-order valence-corrected chi connectivity index (χ0v) is 11.2. The first-order chi connectivity index (χ1) is 9.88. The van der Waals surface area contributed by atoms with Gasteiger partial charge in [-0.15, -0.1) is 0 Å². The molecule has 1 aromatic rings. The summed E-state index contributed by atoms with van der Waals surface area (Å²) in [6, 6.07) is 2.26. The fourth-order valence-corrected chi connectivity index (χ4v) is 2.70. The van der Waals surface area contributed by atoms with Crippen LogP contribution in [-0.2, 0) is 16.7 Å². The molecule has 2 atom stereocenters. The van der Waals surface area contributed by atoms with Crippen LogP contribution in [0.5, 0.6) is 0 Å². The molecule has 2 saturated heterocycles. The van der Waals surface area contributed by atoms with Crippen molar-refractivity contribution < 1.29 is 23.0 Å². The number of piperazine rings is 1. The van der Waals surface area contributed by atoms with Crippen LogP contribution in [0, 0.1) is 0 Å². The van der Waals surface area contributed by atoms with E-state index in [1.54, 1.807) is 0 Å². The van der Waals surface area contributed by atoms with E-state index in [-0.39, 0.29) is 18.2 Å². The minimum atomic E-state index is -4.49. The number of rotatable bonds is 1. The quantitative estimate of drug-likeness (QED) is 0.793. The first-order valence-electron chi connectivity index (χ1n) is 6.73. The minimum Gasteiger partial charge on any atom is -0.361 e. The van der Waals surface area contributed by atoms with Crippen LogP contribution in [0.15, 0.2) is 18.3 Å². The van der Waals surface area contributed by atoms with Gasteiger partial charge in [0.1, 0.15) is 5.69 Å². The predicted molar refractivity (Wildman–Crippen MR) is 67.3 cm³/mol. The fourth-order valence-electron chi connectivity index (χ4n) is 2.70. The Hall–Kier alpha value is -1.22. The third kappa shape index (κ3) is 2.89. The van der Waals surface area contributed by atoms with Gasteiger partial charge < -0.3 is 15.2 Å². The summed E-state index contributed by atoms with van der Waals surface area (Å²) in [5.74, 6) is -1.61. The summed E-state index contributed by atoms with van der Waals surface area (Å²) in [6.45, 7) is 2.92. The maximum Gasteiger partial charge on any atom is 0.433 e. The Kier molecular flexibility index (Phi) is 3.64. The van der Waals surface area contributed by atoms with Crippen LogP contribution in [0.4, 0.5) is 13.2 Å². The average Bonchev–Trinajstić information content (AvgIpc) is 2.46. The van der Waals surface area contributed by atoms with Crippen molar-refractivity contribution in [2.75, 3.05) is 32.8 Å². The molecule has 0 saturated carbocycles. The Morgan fingerprint density at radius 3 is 2.90 bits per heavy atom. The van der Waals surface area contributed by atoms with E-state index in [0.29, 0.717) is 6.61 Å². The normalized spacial score (nSPS) is 31.0. The molecule has 0 aromatic carbocycles. The second-order valence-electron chi connectivity index (χ2n) is 5.35. The molecule has 2 aliphatic rings. The molecule has 3 rings (SSSR count). The van der Waals surface area contributed by atoms with Crippen LogP contribution in [0.3, 0.4) is 0 Å². The van der Waals surface area contributed by atoms with Gasteiger partial charge in [0.2, 0.25) is 5.79 Å². The SMILES string of the molecule is O[C@@]1(c2ccc(C(F)(F)F)nc2)CN2CCNC[C@H]2CO1. The monoisotopic (exact) mass is 303 g/mol. The molecule has 0 spiro atoms. The third-order valence-corrected chi connectivity index (χ3v) is 3.91. The van der Waals surface area contributed by atoms with Crippen molar-refractivity contribution >= 4 is 0 Å². The topological polar surface area (TPSA) is 57.6 Å². The molecule has 0 bridgehead atoms. The third-order valence-electron chi connectivity index (χ3n) is 3.91. The van der Waals surface area contributed by atoms with Crippen molar-refractivity contribution in [1.82, 2.24) is 15.2 Å². The van der Waals surface area contributed by atoms with Crippen LogP contribution in [0.25, 0.3) is 0 Å². The van der Waals surface area contributed by atoms with Crippen molar-refractivity contribution in [3.05, 3.63) is 29.6 Å². The zero-order valence-electron chi connectivity index (χ0n) is 11.2. The predicted octanol–water partition coefficient (Wildman–Crippen LogP) is 0.549. The van der Waals surface area contributed by atoms with E-state index >= 15 is 0 Å². The Morgan fingerprint density at radius 1 is 1.43 bits per heavy atom. The van der Waals surface area contributed by atoms with Crippen LogP contribution in [-0.4, -0.2) is 53.8 Å². The van der Waals surface area contributed by atoms with Gasteiger partial charge in [0.05, 0.1) is 13.2 Å². The molecule has 0 radical (unpaired) electrons. The Morgan fingerprint density at radius 2 is 2.24 bits per heavy atom. The van der Waals surface area contributed by atoms with Gasteiger partial charge in [0, 0.05) is 37.4 Å². The van der Waals surface area contributed by atoms with Gasteiger partial charge in [-0.2, -0.15) is 13.2 Å². The van der Waals surface area contributed by atoms with Crippen molar-refractivity contribution in [3.63, 3.8) is 0 Å². The number of nitrogens with zero attached hydrogens (tertiary/aromatic N) is 2. The smallest absolute Gasteiger partial charge is 0.361 e. The Labute approximate surface area is 119 Å². The lowest BCUT2D eigenvalue weighted by Gasteiger charge is -2.46. The average molecular weight is 303 g/mol. The summed E-state index contributed by atoms with van der Waals surface area (Å²) in [5, 5.41) is 13.8. The van der Waals surface area contributed by atoms with E-state index in [0.717, 1.165) is 31.9 Å². The molecular weight excluding hydrogens is 287 g/mol. The van der Waals surface area contributed by atoms with Crippen molar-refractivity contribution in [2.45, 2.75) is 18.0 Å². The number of aromatic nitrogens is 1. The van der Waals surface area contributed by atoms with E-state index in [1.807, 2.05) is 0 Å². The number of alkyl halides is 3. The first-order valence-corrected chi connectivity index (χ1v) is 6.73. The maximum absolute atomic E-state index is 12.5. The molecular formula is C13H16F3N3O2. The van der Waals surface area contributed by atoms with E-state index in [2.05, 4.69) is 15.2 Å². The van der Waals surface area contributed by atoms with Crippen molar-refractivity contribution in [3.8, 4) is 0 Å². The number of morpholine rings is 1. The number of nitrogens with one attached hydrogen (secondary N) is 1. The highest BCUT2D eigenvalue weighted by Crippen LogP contribution is 2.32. The number of hydrogen-bond acceptors (Lipinski definition) is 5. The van der Waals surface area contributed by atoms with Gasteiger partial charge in [0.15, 0.2) is 0 Å². The number of ether oxygens (including phenoxy) is 1. The van der Waals surface area contributed by atoms with Gasteiger partial charge in [0.25, 0.3) is 0 Å². The summed E-state index contributed by atoms with van der Waals surface area (Å²) in [5.41, 5.74) is -0.738. The summed E-state index contributed by atoms with van der Waals surface area (Å²) in [4.78, 5) is 5.46. The number of halogens is 3. The fraction of sp³-hybridized carbons (Fsp3) is 0.615. The van der Waals surface area contributed by atoms with Crippen molar-refractivity contribution in [2.24, 2.45) is 0 Å². The van der Waals surface area contributed by atoms with Gasteiger partial charge in [-0.25, -0.2) is 0 Å². The maximum atomic E-state index is 12.5. The molecule has 116 valence electrons. The minimum absolute atomic E-state index is 0.182. The zero-order chi connectivity index (χ0) is 15.1. The Bertz CT molecular complexity index is 508. The molecule has 2 N–H and O–H groups in total. The molecule has 21 heavy (non-hydrogen) atoms. The van der Waals surface area contributed by atoms with Gasteiger partial charge in [-0.3, -0.25) is 9.88 Å². The van der Waals surface area contributed by atoms with Crippen molar-refractivity contribution in [1.29, 1.82) is 0 Å². The number of pyridine rings is 1. The molecule has 1 aromatic heterocycles. The van der Waals surface area contributed by atoms with Crippen LogP contribution >= 0.6 is 0 Å². The second-order valence-corrected chi connectivity index (χ2v) is 5.35. The van der Waals surface area contributed by atoms with Crippen LogP contribution in [0.1, 0.15) is 11.3 Å². The standard InChI is InChI=1S/C13H16F3N3O2/c14-13(15,16)11-2-1-9(5-18-11)12(20)8-19-4-3-17-6-10(19)7-21-12/h1-2,5,10,17,20H,3-4,6-8H2/t10-,12-/m0/s1. The van der Waals surface area contributed by atoms with E-state index in [1.165, 1.54) is 6.07 Å². The number of fused-ring (bicyclic) bond motifs is 1. The molecule has 0 unspecified atom stereocenters. The first kappa shape index (κ1) is 14.7. The number of hydrogen-bond donors (Lipinski definition) is 2. The molecule has 3 heterocycles. The van der Waals surface area contributed by atoms with E-state index < -0.39 is 17.7 Å². The van der Waals surface area contributed by atoms with Gasteiger partial charge in [-0.05, 0) is 12.1 Å². The Balaban J connectivity index is 1.79. The highest BCUT2D eigenvalue weighted by Gasteiger charge is 2.42. The molecule has 0 amide bonds. The highest BCUT2D eigenvalue weighted by molar-refractivity contribution is 5.21. The lowest BCUT2D eigenvalue weighted by molar-refractivity contribution is -0.263. The lowest BCUT2D eigenvalue weighted by Crippen LogP contribution is -2.62. The molecule has 0 aliphatic carbocycles. The highest BCUT2D eigenvalue weighted by atomic mass is 19.4. The second kappa shape index (κ2) is 5.20. The van der Waals surface area contributed by atoms with Gasteiger partial charge >= 0.3 is 6.18 Å². The van der Waals surface area contributed by atoms with E-state index in [9.17, 15) is 18.3 Å². The molecule has 5 nitrogen and oxygen atoms in total. The van der Waals surface area contributed by atoms with Crippen LogP contribution in [0.2, 0.25) is 0 Å². The lowest BCUT2D eigenvalue weighted by atomic mass is 10.0. The molecule has 2 aliphatic heterocycles. The molecule has 2 fully saturated rings. The summed E-state index contributed by atoms with van der Waals surface area (Å²) < 4.78 is 43.0. The largest absolute Gasteiger partial charge is 0.433 e. The number of aliphatic hydroxyl groups is 1. The molecule has 8 heteroatoms. The van der Waals surface area contributed by atoms with Gasteiger partial charge in [-0.1, -0.05) is 0 Å². The van der Waals surface area contributed by atoms with Crippen LogP contribution < -0.4 is 5.32 Å². The summed E-state index contributed by atoms with van der Waals surface area (Å²) in [6.07, 6.45) is -3.45. The summed E-state index contributed by atoms with van der Waals surface area (Å²) >= 11 is 0.